The molecule has 2 N–H and O–H groups in total. The van der Waals surface area contributed by atoms with Crippen LogP contribution in [-0.2, 0) is 9.59 Å². The molecule has 0 saturated heterocycles. The van der Waals surface area contributed by atoms with E-state index in [2.05, 4.69) is 16.7 Å². The Balaban J connectivity index is 2.66. The third-order valence-electron chi connectivity index (χ3n) is 4.41. The zero-order chi connectivity index (χ0) is 20.1. The SMILES string of the molecule is CC(C)[C@](C)(C#N)NC(=O)[C@H](C)N(C)CC(=O)Nc1ccc(Cl)c(Cl)c1. The molecule has 2 atom stereocenters. The average Bonchev–Trinajstić information content (AvgIpc) is 2.56. The number of nitrogens with zero attached hydrogens (tertiary/aromatic N) is 2. The van der Waals surface area contributed by atoms with Crippen molar-refractivity contribution in [2.75, 3.05) is 18.9 Å². The van der Waals surface area contributed by atoms with Crippen LogP contribution in [0.3, 0.4) is 0 Å². The first-order valence-electron chi connectivity index (χ1n) is 8.18. The molecule has 6 nitrogen and oxygen atoms in total. The maximum atomic E-state index is 12.4. The molecule has 0 bridgehead atoms. The molecular weight excluding hydrogens is 375 g/mol. The minimum Gasteiger partial charge on any atom is -0.336 e. The number of hydrogen-bond acceptors (Lipinski definition) is 4. The van der Waals surface area contributed by atoms with Crippen LogP contribution < -0.4 is 10.6 Å². The van der Waals surface area contributed by atoms with Crippen LogP contribution in [0.5, 0.6) is 0 Å². The molecule has 0 spiro atoms. The van der Waals surface area contributed by atoms with Gasteiger partial charge in [-0.05, 0) is 45.0 Å². The van der Waals surface area contributed by atoms with Crippen molar-refractivity contribution >= 4 is 40.7 Å². The van der Waals surface area contributed by atoms with Gasteiger partial charge in [0, 0.05) is 5.69 Å². The van der Waals surface area contributed by atoms with Crippen LogP contribution in [0.25, 0.3) is 0 Å². The Morgan fingerprint density at radius 3 is 2.38 bits per heavy atom. The normalized spacial score (nSPS) is 14.5. The van der Waals surface area contributed by atoms with E-state index in [1.165, 1.54) is 0 Å². The van der Waals surface area contributed by atoms with Crippen molar-refractivity contribution in [2.45, 2.75) is 39.3 Å². The van der Waals surface area contributed by atoms with Crippen LogP contribution in [0.1, 0.15) is 27.7 Å². The number of rotatable bonds is 7. The molecule has 2 amide bonds. The van der Waals surface area contributed by atoms with E-state index in [1.54, 1.807) is 44.0 Å². The zero-order valence-corrected chi connectivity index (χ0v) is 17.1. The number of carbonyl (C=O) groups excluding carboxylic acids is 2. The first kappa shape index (κ1) is 22.2. The van der Waals surface area contributed by atoms with Gasteiger partial charge in [0.15, 0.2) is 0 Å². The van der Waals surface area contributed by atoms with Gasteiger partial charge in [-0.1, -0.05) is 37.0 Å². The highest BCUT2D eigenvalue weighted by atomic mass is 35.5. The van der Waals surface area contributed by atoms with E-state index < -0.39 is 11.6 Å². The lowest BCUT2D eigenvalue weighted by molar-refractivity contribution is -0.128. The number of anilines is 1. The van der Waals surface area contributed by atoms with Crippen molar-refractivity contribution in [1.29, 1.82) is 5.26 Å². The summed E-state index contributed by atoms with van der Waals surface area (Å²) in [5.74, 6) is -0.656. The quantitative estimate of drug-likeness (QED) is 0.737. The molecule has 0 saturated carbocycles. The Morgan fingerprint density at radius 1 is 1.27 bits per heavy atom. The molecule has 0 radical (unpaired) electrons. The molecule has 1 aromatic rings. The first-order chi connectivity index (χ1) is 12.0. The number of nitrogens with one attached hydrogen (secondary N) is 2. The highest BCUT2D eigenvalue weighted by Crippen LogP contribution is 2.25. The molecular formula is C18H24Cl2N4O2. The molecule has 0 aliphatic rings. The number of carbonyl (C=O) groups is 2. The molecule has 1 rings (SSSR count). The summed E-state index contributed by atoms with van der Waals surface area (Å²) in [5, 5.41) is 15.5. The van der Waals surface area contributed by atoms with Gasteiger partial charge in [-0.25, -0.2) is 0 Å². The number of amides is 2. The van der Waals surface area contributed by atoms with Crippen molar-refractivity contribution in [1.82, 2.24) is 10.2 Å². The predicted octanol–water partition coefficient (Wildman–Crippen LogP) is 3.31. The minimum absolute atomic E-state index is 0.000220. The van der Waals surface area contributed by atoms with Gasteiger partial charge in [0.25, 0.3) is 0 Å². The lowest BCUT2D eigenvalue weighted by Gasteiger charge is -2.31. The van der Waals surface area contributed by atoms with Crippen LogP contribution in [0, 0.1) is 17.2 Å². The second-order valence-electron chi connectivity index (χ2n) is 6.73. The summed E-state index contributed by atoms with van der Waals surface area (Å²) in [7, 11) is 1.66. The van der Waals surface area contributed by atoms with Crippen LogP contribution in [0.2, 0.25) is 10.0 Å². The number of hydrogen-bond donors (Lipinski definition) is 2. The highest BCUT2D eigenvalue weighted by molar-refractivity contribution is 6.42. The van der Waals surface area contributed by atoms with Crippen molar-refractivity contribution in [3.8, 4) is 6.07 Å². The fourth-order valence-corrected chi connectivity index (χ4v) is 2.30. The van der Waals surface area contributed by atoms with Crippen molar-refractivity contribution in [3.05, 3.63) is 28.2 Å². The summed E-state index contributed by atoms with van der Waals surface area (Å²) in [5.41, 5.74) is -0.444. The van der Waals surface area contributed by atoms with Crippen molar-refractivity contribution < 1.29 is 9.59 Å². The Labute approximate surface area is 164 Å². The maximum Gasteiger partial charge on any atom is 0.238 e. The molecule has 0 unspecified atom stereocenters. The summed E-state index contributed by atoms with van der Waals surface area (Å²) < 4.78 is 0. The molecule has 0 aliphatic carbocycles. The van der Waals surface area contributed by atoms with Gasteiger partial charge in [0.1, 0.15) is 5.54 Å². The lowest BCUT2D eigenvalue weighted by atomic mass is 9.90. The van der Waals surface area contributed by atoms with Gasteiger partial charge in [0.05, 0.1) is 28.7 Å². The number of halogens is 2. The van der Waals surface area contributed by atoms with Crippen LogP contribution in [-0.4, -0.2) is 41.9 Å². The van der Waals surface area contributed by atoms with Gasteiger partial charge >= 0.3 is 0 Å². The van der Waals surface area contributed by atoms with Gasteiger partial charge in [-0.15, -0.1) is 0 Å². The fraction of sp³-hybridized carbons (Fsp3) is 0.500. The number of nitriles is 1. The largest absolute Gasteiger partial charge is 0.336 e. The van der Waals surface area contributed by atoms with Gasteiger partial charge in [-0.3, -0.25) is 14.5 Å². The van der Waals surface area contributed by atoms with Gasteiger partial charge < -0.3 is 10.6 Å². The van der Waals surface area contributed by atoms with E-state index in [9.17, 15) is 14.9 Å². The van der Waals surface area contributed by atoms with E-state index in [1.807, 2.05) is 13.8 Å². The van der Waals surface area contributed by atoms with Crippen LogP contribution >= 0.6 is 23.2 Å². The molecule has 8 heteroatoms. The molecule has 0 fully saturated rings. The van der Waals surface area contributed by atoms with E-state index in [4.69, 9.17) is 23.2 Å². The molecule has 0 heterocycles. The van der Waals surface area contributed by atoms with E-state index >= 15 is 0 Å². The first-order valence-corrected chi connectivity index (χ1v) is 8.94. The van der Waals surface area contributed by atoms with E-state index in [-0.39, 0.29) is 24.3 Å². The molecule has 0 aromatic heterocycles. The summed E-state index contributed by atoms with van der Waals surface area (Å²) in [6.07, 6.45) is 0. The van der Waals surface area contributed by atoms with E-state index in [0.29, 0.717) is 15.7 Å². The zero-order valence-electron chi connectivity index (χ0n) is 15.6. The number of benzene rings is 1. The summed E-state index contributed by atoms with van der Waals surface area (Å²) in [6, 6.07) is 6.34. The Hall–Kier alpha value is -1.81. The smallest absolute Gasteiger partial charge is 0.238 e. The van der Waals surface area contributed by atoms with Crippen molar-refractivity contribution in [3.63, 3.8) is 0 Å². The second-order valence-corrected chi connectivity index (χ2v) is 7.54. The van der Waals surface area contributed by atoms with Crippen LogP contribution in [0.15, 0.2) is 18.2 Å². The standard InChI is InChI=1S/C18H24Cl2N4O2/c1-11(2)18(4,10-21)23-17(26)12(3)24(5)9-16(25)22-13-6-7-14(19)15(20)8-13/h6-8,11-12H,9H2,1-5H3,(H,22,25)(H,23,26)/t12-,18-/m0/s1. The maximum absolute atomic E-state index is 12.4. The Bertz CT molecular complexity index is 718. The predicted molar refractivity (Wildman–Crippen MR) is 104 cm³/mol. The molecule has 1 aromatic carbocycles. The lowest BCUT2D eigenvalue weighted by Crippen LogP contribution is -2.55. The van der Waals surface area contributed by atoms with Gasteiger partial charge in [-0.2, -0.15) is 5.26 Å². The second kappa shape index (κ2) is 9.22. The highest BCUT2D eigenvalue weighted by Gasteiger charge is 2.32. The topological polar surface area (TPSA) is 85.2 Å². The monoisotopic (exact) mass is 398 g/mol. The Morgan fingerprint density at radius 2 is 1.88 bits per heavy atom. The number of likely N-dealkylation sites (N-methyl/N-ethyl adjacent to an activating group) is 1. The van der Waals surface area contributed by atoms with Crippen LogP contribution in [0.4, 0.5) is 5.69 Å². The summed E-state index contributed by atoms with van der Waals surface area (Å²) in [4.78, 5) is 26.2. The van der Waals surface area contributed by atoms with Gasteiger partial charge in [0.2, 0.25) is 11.8 Å². The van der Waals surface area contributed by atoms with Crippen molar-refractivity contribution in [2.24, 2.45) is 5.92 Å². The average molecular weight is 399 g/mol. The minimum atomic E-state index is -0.964. The third kappa shape index (κ3) is 5.87. The van der Waals surface area contributed by atoms with E-state index in [0.717, 1.165) is 0 Å². The summed E-state index contributed by atoms with van der Waals surface area (Å²) in [6.45, 7) is 7.09. The third-order valence-corrected chi connectivity index (χ3v) is 5.15. The molecule has 26 heavy (non-hydrogen) atoms. The molecule has 0 aliphatic heterocycles. The summed E-state index contributed by atoms with van der Waals surface area (Å²) >= 11 is 11.8. The Kier molecular flexibility index (Phi) is 7.88. The molecule has 142 valence electrons. The fourth-order valence-electron chi connectivity index (χ4n) is 2.00.